The molecule has 0 spiro atoms. The fraction of sp³-hybridized carbons (Fsp3) is 0.533. The number of ether oxygens (including phenoxy) is 2. The average Bonchev–Trinajstić information content (AvgIpc) is 2.42. The summed E-state index contributed by atoms with van der Waals surface area (Å²) in [5, 5.41) is 2.83. The molecule has 21 heavy (non-hydrogen) atoms. The second-order valence-electron chi connectivity index (χ2n) is 5.74. The minimum Gasteiger partial charge on any atom is -0.497 e. The highest BCUT2D eigenvalue weighted by atomic mass is 35.5. The predicted octanol–water partition coefficient (Wildman–Crippen LogP) is 2.12. The molecule has 120 valence electrons. The zero-order valence-corrected chi connectivity index (χ0v) is 14.0. The highest BCUT2D eigenvalue weighted by molar-refractivity contribution is 5.85. The first-order chi connectivity index (χ1) is 9.29. The molecule has 0 bridgehead atoms. The van der Waals surface area contributed by atoms with E-state index in [1.165, 1.54) is 0 Å². The molecule has 0 saturated carbocycles. The van der Waals surface area contributed by atoms with Gasteiger partial charge < -0.3 is 20.5 Å². The fourth-order valence-electron chi connectivity index (χ4n) is 1.68. The van der Waals surface area contributed by atoms with Crippen LogP contribution < -0.4 is 20.5 Å². The Morgan fingerprint density at radius 3 is 2.38 bits per heavy atom. The Bertz CT molecular complexity index is 472. The second-order valence-corrected chi connectivity index (χ2v) is 5.74. The van der Waals surface area contributed by atoms with Crippen LogP contribution in [0.2, 0.25) is 0 Å². The summed E-state index contributed by atoms with van der Waals surface area (Å²) in [5.74, 6) is 1.22. The zero-order chi connectivity index (χ0) is 15.3. The summed E-state index contributed by atoms with van der Waals surface area (Å²) >= 11 is 0. The van der Waals surface area contributed by atoms with Gasteiger partial charge in [-0.25, -0.2) is 0 Å². The summed E-state index contributed by atoms with van der Waals surface area (Å²) in [5.41, 5.74) is 6.52. The van der Waals surface area contributed by atoms with Gasteiger partial charge in [-0.2, -0.15) is 0 Å². The van der Waals surface area contributed by atoms with Crippen LogP contribution in [-0.2, 0) is 11.3 Å². The van der Waals surface area contributed by atoms with E-state index in [1.807, 2.05) is 32.9 Å². The Kier molecular flexibility index (Phi) is 7.53. The number of hydrogen-bond donors (Lipinski definition) is 2. The first-order valence-electron chi connectivity index (χ1n) is 6.53. The smallest absolute Gasteiger partial charge is 0.237 e. The van der Waals surface area contributed by atoms with Crippen molar-refractivity contribution in [3.63, 3.8) is 0 Å². The summed E-state index contributed by atoms with van der Waals surface area (Å²) in [6.07, 6.45) is 0. The van der Waals surface area contributed by atoms with Gasteiger partial charge in [0.25, 0.3) is 0 Å². The van der Waals surface area contributed by atoms with Gasteiger partial charge in [0.2, 0.25) is 5.91 Å². The van der Waals surface area contributed by atoms with Gasteiger partial charge in [0.1, 0.15) is 11.5 Å². The lowest BCUT2D eigenvalue weighted by Crippen LogP contribution is -2.48. The normalized spacial score (nSPS) is 12.1. The van der Waals surface area contributed by atoms with E-state index in [4.69, 9.17) is 15.2 Å². The number of methoxy groups -OCH3 is 2. The van der Waals surface area contributed by atoms with E-state index >= 15 is 0 Å². The second kappa shape index (κ2) is 8.10. The van der Waals surface area contributed by atoms with Crippen molar-refractivity contribution in [1.82, 2.24) is 5.32 Å². The molecule has 0 radical (unpaired) electrons. The fourth-order valence-corrected chi connectivity index (χ4v) is 1.68. The molecule has 1 atom stereocenters. The number of benzene rings is 1. The SMILES string of the molecule is COc1ccc(CNC(=O)[C@@H](N)C(C)(C)C)c(OC)c1.Cl. The molecule has 3 N–H and O–H groups in total. The standard InChI is InChI=1S/C15H24N2O3.ClH/c1-15(2,3)13(16)14(18)17-9-10-6-7-11(19-4)8-12(10)20-5;/h6-8,13H,9,16H2,1-5H3,(H,17,18);1H/t13-;/m1./s1. The van der Waals surface area contributed by atoms with Crippen molar-refractivity contribution in [2.75, 3.05) is 14.2 Å². The topological polar surface area (TPSA) is 73.6 Å². The molecule has 0 fully saturated rings. The van der Waals surface area contributed by atoms with Gasteiger partial charge >= 0.3 is 0 Å². The largest absolute Gasteiger partial charge is 0.497 e. The molecule has 0 saturated heterocycles. The van der Waals surface area contributed by atoms with Crippen molar-refractivity contribution >= 4 is 18.3 Å². The van der Waals surface area contributed by atoms with Crippen LogP contribution in [0, 0.1) is 5.41 Å². The Balaban J connectivity index is 0.00000400. The van der Waals surface area contributed by atoms with E-state index < -0.39 is 6.04 Å². The quantitative estimate of drug-likeness (QED) is 0.872. The van der Waals surface area contributed by atoms with Crippen molar-refractivity contribution in [3.05, 3.63) is 23.8 Å². The van der Waals surface area contributed by atoms with Gasteiger partial charge in [-0.05, 0) is 17.5 Å². The third-order valence-corrected chi connectivity index (χ3v) is 3.16. The van der Waals surface area contributed by atoms with Crippen LogP contribution in [-0.4, -0.2) is 26.2 Å². The molecule has 0 aromatic heterocycles. The Hall–Kier alpha value is -1.46. The number of nitrogens with one attached hydrogen (secondary N) is 1. The van der Waals surface area contributed by atoms with Crippen molar-refractivity contribution < 1.29 is 14.3 Å². The number of halogens is 1. The molecule has 0 aliphatic rings. The van der Waals surface area contributed by atoms with Crippen molar-refractivity contribution in [2.45, 2.75) is 33.4 Å². The van der Waals surface area contributed by atoms with Gasteiger partial charge in [-0.1, -0.05) is 20.8 Å². The van der Waals surface area contributed by atoms with E-state index in [0.717, 1.165) is 5.56 Å². The summed E-state index contributed by atoms with van der Waals surface area (Å²) < 4.78 is 10.4. The summed E-state index contributed by atoms with van der Waals surface area (Å²) in [7, 11) is 3.18. The minimum atomic E-state index is -0.549. The lowest BCUT2D eigenvalue weighted by Gasteiger charge is -2.26. The molecule has 1 aromatic rings. The molecule has 1 aromatic carbocycles. The maximum Gasteiger partial charge on any atom is 0.237 e. The maximum atomic E-state index is 12.0. The van der Waals surface area contributed by atoms with Crippen molar-refractivity contribution in [3.8, 4) is 11.5 Å². The molecule has 0 unspecified atom stereocenters. The third-order valence-electron chi connectivity index (χ3n) is 3.16. The minimum absolute atomic E-state index is 0. The highest BCUT2D eigenvalue weighted by Crippen LogP contribution is 2.24. The van der Waals surface area contributed by atoms with Gasteiger partial charge in [-0.15, -0.1) is 12.4 Å². The van der Waals surface area contributed by atoms with Crippen LogP contribution in [0.25, 0.3) is 0 Å². The molecule has 0 heterocycles. The van der Waals surface area contributed by atoms with Gasteiger partial charge in [0.05, 0.1) is 20.3 Å². The third kappa shape index (κ3) is 5.44. The summed E-state index contributed by atoms with van der Waals surface area (Å²) in [6.45, 7) is 6.18. The first-order valence-corrected chi connectivity index (χ1v) is 6.53. The number of hydrogen-bond acceptors (Lipinski definition) is 4. The average molecular weight is 317 g/mol. The van der Waals surface area contributed by atoms with E-state index in [0.29, 0.717) is 18.0 Å². The Labute approximate surface area is 132 Å². The van der Waals surface area contributed by atoms with E-state index in [2.05, 4.69) is 5.32 Å². The molecular weight excluding hydrogens is 292 g/mol. The molecule has 0 aliphatic heterocycles. The number of nitrogens with two attached hydrogens (primary N) is 1. The summed E-state index contributed by atoms with van der Waals surface area (Å²) in [4.78, 5) is 12.0. The van der Waals surface area contributed by atoms with Gasteiger partial charge in [0.15, 0.2) is 0 Å². The lowest BCUT2D eigenvalue weighted by molar-refractivity contribution is -0.124. The predicted molar refractivity (Wildman–Crippen MR) is 86.1 cm³/mol. The van der Waals surface area contributed by atoms with Crippen LogP contribution in [0.5, 0.6) is 11.5 Å². The van der Waals surface area contributed by atoms with E-state index in [9.17, 15) is 4.79 Å². The van der Waals surface area contributed by atoms with Gasteiger partial charge in [-0.3, -0.25) is 4.79 Å². The number of amides is 1. The highest BCUT2D eigenvalue weighted by Gasteiger charge is 2.27. The van der Waals surface area contributed by atoms with Crippen LogP contribution in [0.4, 0.5) is 0 Å². The molecule has 6 heteroatoms. The molecule has 0 aliphatic carbocycles. The van der Waals surface area contributed by atoms with Crippen molar-refractivity contribution in [2.24, 2.45) is 11.1 Å². The first kappa shape index (κ1) is 19.5. The number of carbonyl (C=O) groups is 1. The van der Waals surface area contributed by atoms with Crippen LogP contribution in [0.1, 0.15) is 26.3 Å². The number of carbonyl (C=O) groups excluding carboxylic acids is 1. The Morgan fingerprint density at radius 2 is 1.90 bits per heavy atom. The van der Waals surface area contributed by atoms with E-state index in [1.54, 1.807) is 20.3 Å². The Morgan fingerprint density at radius 1 is 1.29 bits per heavy atom. The number of rotatable bonds is 5. The van der Waals surface area contributed by atoms with Crippen molar-refractivity contribution in [1.29, 1.82) is 0 Å². The van der Waals surface area contributed by atoms with Crippen LogP contribution >= 0.6 is 12.4 Å². The molecule has 1 rings (SSSR count). The molecular formula is C15H25ClN2O3. The van der Waals surface area contributed by atoms with Gasteiger partial charge in [0, 0.05) is 18.2 Å². The molecule has 1 amide bonds. The molecule has 5 nitrogen and oxygen atoms in total. The van der Waals surface area contributed by atoms with Crippen LogP contribution in [0.15, 0.2) is 18.2 Å². The lowest BCUT2D eigenvalue weighted by atomic mass is 9.87. The van der Waals surface area contributed by atoms with E-state index in [-0.39, 0.29) is 23.7 Å². The maximum absolute atomic E-state index is 12.0. The van der Waals surface area contributed by atoms with Crippen LogP contribution in [0.3, 0.4) is 0 Å². The summed E-state index contributed by atoms with van der Waals surface area (Å²) in [6, 6.07) is 4.92. The zero-order valence-electron chi connectivity index (χ0n) is 13.2. The monoisotopic (exact) mass is 316 g/mol.